The first-order valence-corrected chi connectivity index (χ1v) is 11.2. The lowest BCUT2D eigenvalue weighted by atomic mass is 10.0. The molecule has 0 radical (unpaired) electrons. The van der Waals surface area contributed by atoms with Crippen molar-refractivity contribution in [1.82, 2.24) is 15.6 Å². The van der Waals surface area contributed by atoms with Crippen LogP contribution in [0.5, 0.6) is 5.75 Å². The van der Waals surface area contributed by atoms with Crippen molar-refractivity contribution in [3.63, 3.8) is 0 Å². The van der Waals surface area contributed by atoms with Crippen molar-refractivity contribution in [3.05, 3.63) is 84.1 Å². The van der Waals surface area contributed by atoms with Crippen molar-refractivity contribution < 1.29 is 14.3 Å². The summed E-state index contributed by atoms with van der Waals surface area (Å²) in [6.07, 6.45) is 4.52. The van der Waals surface area contributed by atoms with Gasteiger partial charge in [-0.3, -0.25) is 14.6 Å². The zero-order valence-corrected chi connectivity index (χ0v) is 18.2. The molecule has 33 heavy (non-hydrogen) atoms. The van der Waals surface area contributed by atoms with Gasteiger partial charge < -0.3 is 15.4 Å². The number of carbonyl (C=O) groups excluding carboxylic acids is 2. The second-order valence-electron chi connectivity index (χ2n) is 8.33. The van der Waals surface area contributed by atoms with Crippen molar-refractivity contribution in [3.8, 4) is 5.75 Å². The highest BCUT2D eigenvalue weighted by Crippen LogP contribution is 2.27. The summed E-state index contributed by atoms with van der Waals surface area (Å²) >= 11 is 0. The molecule has 1 aliphatic rings. The summed E-state index contributed by atoms with van der Waals surface area (Å²) in [5.74, 6) is 0.438. The van der Waals surface area contributed by atoms with E-state index in [-0.39, 0.29) is 18.4 Å². The molecule has 166 valence electrons. The summed E-state index contributed by atoms with van der Waals surface area (Å²) in [6.45, 7) is 0.531. The smallest absolute Gasteiger partial charge is 0.258 e. The number of aromatic nitrogens is 1. The van der Waals surface area contributed by atoms with Crippen LogP contribution in [0.1, 0.15) is 28.8 Å². The Morgan fingerprint density at radius 1 is 0.970 bits per heavy atom. The number of ether oxygens (including phenoxy) is 1. The Hall–Kier alpha value is -3.93. The number of hydrogen-bond donors (Lipinski definition) is 2. The highest BCUT2D eigenvalue weighted by atomic mass is 16.5. The third-order valence-electron chi connectivity index (χ3n) is 5.79. The van der Waals surface area contributed by atoms with Gasteiger partial charge in [0.05, 0.1) is 11.1 Å². The number of fused-ring (bicyclic) bond motifs is 3. The molecule has 0 atom stereocenters. The fraction of sp³-hybridized carbons (Fsp3) is 0.222. The second kappa shape index (κ2) is 9.28. The average molecular weight is 440 g/mol. The molecule has 1 aliphatic carbocycles. The van der Waals surface area contributed by atoms with Crippen molar-refractivity contribution in [2.45, 2.75) is 25.3 Å². The van der Waals surface area contributed by atoms with Crippen molar-refractivity contribution in [1.29, 1.82) is 0 Å². The van der Waals surface area contributed by atoms with E-state index in [0.717, 1.165) is 34.6 Å². The second-order valence-corrected chi connectivity index (χ2v) is 8.33. The van der Waals surface area contributed by atoms with Crippen molar-refractivity contribution in [2.24, 2.45) is 0 Å². The minimum absolute atomic E-state index is 0.0274. The van der Waals surface area contributed by atoms with Crippen LogP contribution < -0.4 is 15.4 Å². The summed E-state index contributed by atoms with van der Waals surface area (Å²) < 4.78 is 5.54. The van der Waals surface area contributed by atoms with E-state index in [1.165, 1.54) is 0 Å². The lowest BCUT2D eigenvalue weighted by molar-refractivity contribution is -0.123. The van der Waals surface area contributed by atoms with Gasteiger partial charge in [-0.15, -0.1) is 0 Å². The van der Waals surface area contributed by atoms with Crippen LogP contribution in [0, 0.1) is 0 Å². The van der Waals surface area contributed by atoms with Gasteiger partial charge >= 0.3 is 0 Å². The van der Waals surface area contributed by atoms with Gasteiger partial charge in [0.15, 0.2) is 6.61 Å². The highest BCUT2D eigenvalue weighted by molar-refractivity contribution is 6.15. The normalized spacial score (nSPS) is 13.1. The molecule has 0 saturated heterocycles. The lowest BCUT2D eigenvalue weighted by Crippen LogP contribution is -2.30. The van der Waals surface area contributed by atoms with Gasteiger partial charge in [-0.1, -0.05) is 42.5 Å². The monoisotopic (exact) mass is 439 g/mol. The fourth-order valence-electron chi connectivity index (χ4n) is 3.92. The molecule has 6 nitrogen and oxygen atoms in total. The van der Waals surface area contributed by atoms with Gasteiger partial charge in [-0.25, -0.2) is 0 Å². The number of nitrogens with one attached hydrogen (secondary N) is 2. The van der Waals surface area contributed by atoms with Crippen LogP contribution in [0.3, 0.4) is 0 Å². The Morgan fingerprint density at radius 3 is 2.58 bits per heavy atom. The van der Waals surface area contributed by atoms with Crippen LogP contribution in [0.4, 0.5) is 0 Å². The quantitative estimate of drug-likeness (QED) is 0.407. The zero-order valence-electron chi connectivity index (χ0n) is 18.2. The van der Waals surface area contributed by atoms with Gasteiger partial charge in [0.1, 0.15) is 5.75 Å². The summed E-state index contributed by atoms with van der Waals surface area (Å²) in [5, 5.41) is 9.00. The molecule has 2 N–H and O–H groups in total. The first-order valence-electron chi connectivity index (χ1n) is 11.2. The predicted octanol–water partition coefficient (Wildman–Crippen LogP) is 4.02. The molecule has 6 heteroatoms. The van der Waals surface area contributed by atoms with E-state index in [9.17, 15) is 9.59 Å². The number of rotatable bonds is 8. The Labute approximate surface area is 192 Å². The maximum atomic E-state index is 13.0. The Balaban J connectivity index is 1.19. The molecule has 0 unspecified atom stereocenters. The number of amides is 2. The molecule has 1 aromatic heterocycles. The van der Waals surface area contributed by atoms with Gasteiger partial charge in [-0.05, 0) is 59.9 Å². The Bertz CT molecular complexity index is 1310. The standard InChI is InChI=1S/C27H25N3O3/c31-25(30-20-9-10-20)17-33-21-11-7-18(8-12-21)13-15-29-27(32)24-16-19-4-1-2-5-22(19)23-6-3-14-28-26(23)24/h1-8,11-12,14,16,20H,9-10,13,15,17H2,(H,29,32)(H,30,31). The van der Waals surface area contributed by atoms with Gasteiger partial charge in [0.2, 0.25) is 0 Å². The number of pyridine rings is 1. The summed E-state index contributed by atoms with van der Waals surface area (Å²) in [7, 11) is 0. The first kappa shape index (κ1) is 20.9. The van der Waals surface area contributed by atoms with E-state index in [2.05, 4.69) is 15.6 Å². The largest absolute Gasteiger partial charge is 0.484 e. The summed E-state index contributed by atoms with van der Waals surface area (Å²) in [4.78, 5) is 29.2. The van der Waals surface area contributed by atoms with E-state index in [1.54, 1.807) is 6.20 Å². The van der Waals surface area contributed by atoms with Crippen LogP contribution in [0.15, 0.2) is 72.9 Å². The van der Waals surface area contributed by atoms with E-state index >= 15 is 0 Å². The molecule has 2 amide bonds. The first-order chi connectivity index (χ1) is 16.2. The topological polar surface area (TPSA) is 80.3 Å². The Morgan fingerprint density at radius 2 is 1.76 bits per heavy atom. The van der Waals surface area contributed by atoms with Gasteiger partial charge in [0.25, 0.3) is 11.8 Å². The third kappa shape index (κ3) is 4.95. The molecule has 0 bridgehead atoms. The predicted molar refractivity (Wildman–Crippen MR) is 128 cm³/mol. The van der Waals surface area contributed by atoms with Crippen LogP contribution in [-0.4, -0.2) is 36.0 Å². The molecule has 1 saturated carbocycles. The van der Waals surface area contributed by atoms with E-state index in [0.29, 0.717) is 35.8 Å². The van der Waals surface area contributed by atoms with Gasteiger partial charge in [0, 0.05) is 24.2 Å². The molecule has 0 spiro atoms. The number of benzene rings is 3. The molecule has 0 aliphatic heterocycles. The number of nitrogens with zero attached hydrogens (tertiary/aromatic N) is 1. The molecule has 1 fully saturated rings. The van der Waals surface area contributed by atoms with Crippen LogP contribution >= 0.6 is 0 Å². The van der Waals surface area contributed by atoms with Crippen molar-refractivity contribution in [2.75, 3.05) is 13.2 Å². The highest BCUT2D eigenvalue weighted by Gasteiger charge is 2.23. The lowest BCUT2D eigenvalue weighted by Gasteiger charge is -2.11. The third-order valence-corrected chi connectivity index (χ3v) is 5.79. The molecule has 5 rings (SSSR count). The van der Waals surface area contributed by atoms with Gasteiger partial charge in [-0.2, -0.15) is 0 Å². The van der Waals surface area contributed by atoms with E-state index in [1.807, 2.05) is 66.7 Å². The molecular weight excluding hydrogens is 414 g/mol. The Kier molecular flexibility index (Phi) is 5.89. The fourth-order valence-corrected chi connectivity index (χ4v) is 3.92. The van der Waals surface area contributed by atoms with Crippen LogP contribution in [-0.2, 0) is 11.2 Å². The van der Waals surface area contributed by atoms with Crippen molar-refractivity contribution >= 4 is 33.5 Å². The summed E-state index contributed by atoms with van der Waals surface area (Å²) in [5.41, 5.74) is 2.37. The minimum atomic E-state index is -0.133. The SMILES string of the molecule is O=C(COc1ccc(CCNC(=O)c2cc3ccccc3c3cccnc23)cc1)NC1CC1. The zero-order chi connectivity index (χ0) is 22.6. The van der Waals surface area contributed by atoms with Crippen LogP contribution in [0.25, 0.3) is 21.7 Å². The molecule has 1 heterocycles. The minimum Gasteiger partial charge on any atom is -0.484 e. The molecular formula is C27H25N3O3. The maximum Gasteiger partial charge on any atom is 0.258 e. The summed E-state index contributed by atoms with van der Waals surface area (Å²) in [6, 6.07) is 21.8. The average Bonchev–Trinajstić information content (AvgIpc) is 3.67. The van der Waals surface area contributed by atoms with Crippen LogP contribution in [0.2, 0.25) is 0 Å². The maximum absolute atomic E-state index is 13.0. The molecule has 3 aromatic carbocycles. The molecule has 4 aromatic rings. The number of hydrogen-bond acceptors (Lipinski definition) is 4. The number of carbonyl (C=O) groups is 2. The van der Waals surface area contributed by atoms with E-state index < -0.39 is 0 Å². The van der Waals surface area contributed by atoms with E-state index in [4.69, 9.17) is 4.74 Å².